The maximum atomic E-state index is 10.8. The Morgan fingerprint density at radius 2 is 2.27 bits per heavy atom. The van der Waals surface area contributed by atoms with Crippen LogP contribution in [0.1, 0.15) is 19.9 Å². The first-order chi connectivity index (χ1) is 4.72. The Morgan fingerprint density at radius 3 is 2.64 bits per heavy atom. The van der Waals surface area contributed by atoms with E-state index in [0.717, 1.165) is 0 Å². The molecular formula is C6H8N3ORe-. The standard InChI is InChI=1S/C6H8N3O.Re/c1-5(2)9-4-7-3-8-6(9)10;/h4-5H,1-2H3;/q-1;. The molecule has 0 aliphatic carbocycles. The van der Waals surface area contributed by atoms with Crippen molar-refractivity contribution in [3.05, 3.63) is 23.1 Å². The summed E-state index contributed by atoms with van der Waals surface area (Å²) >= 11 is 0. The number of rotatable bonds is 1. The van der Waals surface area contributed by atoms with Crippen molar-refractivity contribution >= 4 is 0 Å². The number of aromatic nitrogens is 3. The first-order valence-corrected chi connectivity index (χ1v) is 3.03. The van der Waals surface area contributed by atoms with Crippen molar-refractivity contribution in [3.8, 4) is 0 Å². The Kier molecular flexibility index (Phi) is 4.16. The minimum Gasteiger partial charge on any atom is -0.388 e. The molecule has 0 aliphatic heterocycles. The molecule has 0 atom stereocenters. The van der Waals surface area contributed by atoms with Crippen molar-refractivity contribution in [2.45, 2.75) is 19.9 Å². The quantitative estimate of drug-likeness (QED) is 0.684. The zero-order chi connectivity index (χ0) is 7.56. The van der Waals surface area contributed by atoms with E-state index in [4.69, 9.17) is 0 Å². The minimum absolute atomic E-state index is 0. The largest absolute Gasteiger partial charge is 0.388 e. The smallest absolute Gasteiger partial charge is 0.232 e. The van der Waals surface area contributed by atoms with Gasteiger partial charge in [0.1, 0.15) is 0 Å². The fourth-order valence-electron chi connectivity index (χ4n) is 0.621. The Hall–Kier alpha value is -0.528. The first kappa shape index (κ1) is 10.5. The van der Waals surface area contributed by atoms with Crippen molar-refractivity contribution in [1.82, 2.24) is 14.5 Å². The van der Waals surface area contributed by atoms with E-state index in [2.05, 4.69) is 16.3 Å². The van der Waals surface area contributed by atoms with Crippen LogP contribution in [0.2, 0.25) is 0 Å². The van der Waals surface area contributed by atoms with Gasteiger partial charge in [-0.05, 0) is 20.2 Å². The second-order valence-electron chi connectivity index (χ2n) is 2.24. The molecule has 11 heavy (non-hydrogen) atoms. The van der Waals surface area contributed by atoms with E-state index in [1.807, 2.05) is 13.8 Å². The van der Waals surface area contributed by atoms with Crippen molar-refractivity contribution < 1.29 is 20.4 Å². The molecule has 0 amide bonds. The Balaban J connectivity index is 0.000001000. The van der Waals surface area contributed by atoms with Gasteiger partial charge in [-0.15, -0.1) is 0 Å². The summed E-state index contributed by atoms with van der Waals surface area (Å²) in [4.78, 5) is 17.8. The van der Waals surface area contributed by atoms with Crippen LogP contribution < -0.4 is 5.69 Å². The van der Waals surface area contributed by atoms with Gasteiger partial charge >= 0.3 is 0 Å². The molecule has 0 N–H and O–H groups in total. The average Bonchev–Trinajstić information content (AvgIpc) is 1.88. The van der Waals surface area contributed by atoms with Gasteiger partial charge in [0.2, 0.25) is 5.69 Å². The molecule has 0 unspecified atom stereocenters. The molecule has 1 aromatic rings. The van der Waals surface area contributed by atoms with Crippen LogP contribution in [-0.2, 0) is 20.4 Å². The van der Waals surface area contributed by atoms with E-state index >= 15 is 0 Å². The summed E-state index contributed by atoms with van der Waals surface area (Å²) in [5.74, 6) is 0. The summed E-state index contributed by atoms with van der Waals surface area (Å²) in [5.41, 5.74) is -0.301. The van der Waals surface area contributed by atoms with Crippen molar-refractivity contribution in [2.75, 3.05) is 0 Å². The van der Waals surface area contributed by atoms with Crippen LogP contribution in [-0.4, -0.2) is 14.5 Å². The van der Waals surface area contributed by atoms with Crippen molar-refractivity contribution in [1.29, 1.82) is 0 Å². The van der Waals surface area contributed by atoms with Crippen molar-refractivity contribution in [2.24, 2.45) is 0 Å². The predicted molar refractivity (Wildman–Crippen MR) is 35.5 cm³/mol. The molecule has 61 valence electrons. The summed E-state index contributed by atoms with van der Waals surface area (Å²) in [6.45, 7) is 3.79. The Bertz CT molecular complexity index is 271. The molecule has 0 saturated carbocycles. The third-order valence-corrected chi connectivity index (χ3v) is 1.16. The second kappa shape index (κ2) is 4.37. The van der Waals surface area contributed by atoms with Gasteiger partial charge in [-0.2, -0.15) is 0 Å². The van der Waals surface area contributed by atoms with Crippen LogP contribution >= 0.6 is 0 Å². The van der Waals surface area contributed by atoms with E-state index < -0.39 is 0 Å². The van der Waals surface area contributed by atoms with Gasteiger partial charge in [0, 0.05) is 32.8 Å². The van der Waals surface area contributed by atoms with E-state index in [0.29, 0.717) is 0 Å². The summed E-state index contributed by atoms with van der Waals surface area (Å²) < 4.78 is 1.44. The second-order valence-corrected chi connectivity index (χ2v) is 2.24. The van der Waals surface area contributed by atoms with Crippen LogP contribution in [0.15, 0.2) is 11.1 Å². The van der Waals surface area contributed by atoms with Crippen molar-refractivity contribution in [3.63, 3.8) is 0 Å². The predicted octanol–water partition coefficient (Wildman–Crippen LogP) is 0.0169. The normalized spacial score (nSPS) is 9.36. The third-order valence-electron chi connectivity index (χ3n) is 1.16. The summed E-state index contributed by atoms with van der Waals surface area (Å²) in [5, 5.41) is 0. The molecule has 1 heterocycles. The number of hydrogen-bond acceptors (Lipinski definition) is 3. The zero-order valence-electron chi connectivity index (χ0n) is 6.28. The van der Waals surface area contributed by atoms with E-state index in [1.165, 1.54) is 10.9 Å². The molecule has 0 saturated heterocycles. The van der Waals surface area contributed by atoms with Gasteiger partial charge in [-0.3, -0.25) is 0 Å². The summed E-state index contributed by atoms with van der Waals surface area (Å²) in [6, 6.07) is 0.113. The van der Waals surface area contributed by atoms with Crippen LogP contribution in [0.3, 0.4) is 0 Å². The molecule has 1 aromatic heterocycles. The fourth-order valence-corrected chi connectivity index (χ4v) is 0.621. The summed E-state index contributed by atoms with van der Waals surface area (Å²) in [7, 11) is 0. The monoisotopic (exact) mass is 325 g/mol. The van der Waals surface area contributed by atoms with Crippen LogP contribution in [0.25, 0.3) is 0 Å². The van der Waals surface area contributed by atoms with Gasteiger partial charge in [0.05, 0.1) is 0 Å². The Labute approximate surface area is 78.3 Å². The molecule has 1 rings (SSSR count). The molecule has 0 spiro atoms. The molecule has 1 radical (unpaired) electrons. The van der Waals surface area contributed by atoms with Gasteiger partial charge in [0.25, 0.3) is 0 Å². The number of nitrogens with zero attached hydrogens (tertiary/aromatic N) is 3. The average molecular weight is 324 g/mol. The Morgan fingerprint density at radius 1 is 1.64 bits per heavy atom. The SMILES string of the molecule is CC(C)n1cn[c-]nc1=O.[Re]. The van der Waals surface area contributed by atoms with Gasteiger partial charge in [-0.25, -0.2) is 0 Å². The van der Waals surface area contributed by atoms with E-state index in [1.54, 1.807) is 0 Å². The zero-order valence-corrected chi connectivity index (χ0v) is 9.00. The van der Waals surface area contributed by atoms with Gasteiger partial charge in [0.15, 0.2) is 0 Å². The molecule has 0 aliphatic rings. The molecule has 5 heteroatoms. The summed E-state index contributed by atoms with van der Waals surface area (Å²) in [6.07, 6.45) is 3.65. The third kappa shape index (κ3) is 2.53. The molecule has 0 bridgehead atoms. The molecular weight excluding hydrogens is 316 g/mol. The van der Waals surface area contributed by atoms with Gasteiger partial charge in [-0.1, -0.05) is 0 Å². The molecule has 4 nitrogen and oxygen atoms in total. The van der Waals surface area contributed by atoms with Crippen LogP contribution in [0.5, 0.6) is 0 Å². The molecule has 0 fully saturated rings. The number of hydrogen-bond donors (Lipinski definition) is 0. The maximum Gasteiger partial charge on any atom is 0.232 e. The van der Waals surface area contributed by atoms with Crippen LogP contribution in [0, 0.1) is 6.33 Å². The minimum atomic E-state index is -0.301. The van der Waals surface area contributed by atoms with Crippen LogP contribution in [0.4, 0.5) is 0 Å². The maximum absolute atomic E-state index is 10.8. The first-order valence-electron chi connectivity index (χ1n) is 3.03. The molecule has 0 aromatic carbocycles. The topological polar surface area (TPSA) is 47.8 Å². The fraction of sp³-hybridized carbons (Fsp3) is 0.500. The van der Waals surface area contributed by atoms with E-state index in [-0.39, 0.29) is 32.2 Å². The van der Waals surface area contributed by atoms with E-state index in [9.17, 15) is 4.79 Å². The van der Waals surface area contributed by atoms with Gasteiger partial charge < -0.3 is 19.3 Å².